The number of amides is 3. The first-order valence-electron chi connectivity index (χ1n) is 7.65. The Kier molecular flexibility index (Phi) is 4.29. The molecular formula is C16H20N4O3. The molecule has 1 N–H and O–H groups in total. The standard InChI is InChI=1S/C16H20N4O3/c1-18-14(22)10-20(16(18)12-5-3-2-4-6-12)11-15(23)19-8-7-17-13(21)9-19/h2-6,16H,7-11H2,1H3,(H,17,21)/t16-/m1/s1. The molecule has 1 atom stereocenters. The van der Waals surface area contributed by atoms with Gasteiger partial charge >= 0.3 is 0 Å². The van der Waals surface area contributed by atoms with Gasteiger partial charge < -0.3 is 15.1 Å². The molecule has 1 aromatic carbocycles. The zero-order valence-corrected chi connectivity index (χ0v) is 13.1. The number of piperazine rings is 1. The van der Waals surface area contributed by atoms with Gasteiger partial charge in [0.1, 0.15) is 6.17 Å². The second kappa shape index (κ2) is 6.37. The second-order valence-corrected chi connectivity index (χ2v) is 5.86. The molecule has 0 radical (unpaired) electrons. The summed E-state index contributed by atoms with van der Waals surface area (Å²) in [7, 11) is 1.75. The van der Waals surface area contributed by atoms with E-state index in [1.165, 1.54) is 0 Å². The Bertz CT molecular complexity index is 619. The number of nitrogens with one attached hydrogen (secondary N) is 1. The number of hydrogen-bond donors (Lipinski definition) is 1. The Morgan fingerprint density at radius 3 is 2.65 bits per heavy atom. The first-order valence-corrected chi connectivity index (χ1v) is 7.65. The second-order valence-electron chi connectivity index (χ2n) is 5.86. The average molecular weight is 316 g/mol. The first kappa shape index (κ1) is 15.5. The lowest BCUT2D eigenvalue weighted by atomic mass is 10.1. The van der Waals surface area contributed by atoms with Crippen molar-refractivity contribution in [2.75, 3.05) is 39.8 Å². The van der Waals surface area contributed by atoms with Crippen LogP contribution in [0.4, 0.5) is 0 Å². The van der Waals surface area contributed by atoms with Crippen molar-refractivity contribution in [2.45, 2.75) is 6.17 Å². The van der Waals surface area contributed by atoms with Crippen LogP contribution >= 0.6 is 0 Å². The molecule has 0 aliphatic carbocycles. The summed E-state index contributed by atoms with van der Waals surface area (Å²) in [5, 5.41) is 2.70. The minimum atomic E-state index is -0.244. The molecule has 1 aromatic rings. The minimum Gasteiger partial charge on any atom is -0.353 e. The van der Waals surface area contributed by atoms with Crippen molar-refractivity contribution >= 4 is 17.7 Å². The summed E-state index contributed by atoms with van der Waals surface area (Å²) in [5.41, 5.74) is 0.977. The van der Waals surface area contributed by atoms with Crippen LogP contribution in [0, 0.1) is 0 Å². The van der Waals surface area contributed by atoms with E-state index in [0.29, 0.717) is 13.1 Å². The Balaban J connectivity index is 1.74. The average Bonchev–Trinajstić information content (AvgIpc) is 2.82. The molecule has 2 heterocycles. The Morgan fingerprint density at radius 2 is 1.96 bits per heavy atom. The first-order chi connectivity index (χ1) is 11.1. The van der Waals surface area contributed by atoms with Crippen LogP contribution in [0.3, 0.4) is 0 Å². The third-order valence-electron chi connectivity index (χ3n) is 4.27. The predicted octanol–water partition coefficient (Wildman–Crippen LogP) is -0.582. The molecule has 3 rings (SSSR count). The molecule has 122 valence electrons. The van der Waals surface area contributed by atoms with Gasteiger partial charge in [-0.3, -0.25) is 19.3 Å². The van der Waals surface area contributed by atoms with Crippen molar-refractivity contribution in [3.05, 3.63) is 35.9 Å². The molecule has 2 saturated heterocycles. The highest BCUT2D eigenvalue weighted by Gasteiger charge is 2.38. The quantitative estimate of drug-likeness (QED) is 0.810. The number of hydrogen-bond acceptors (Lipinski definition) is 4. The van der Waals surface area contributed by atoms with Crippen LogP contribution in [0.2, 0.25) is 0 Å². The maximum atomic E-state index is 12.5. The highest BCUT2D eigenvalue weighted by atomic mass is 16.2. The van der Waals surface area contributed by atoms with Crippen LogP contribution in [0.15, 0.2) is 30.3 Å². The van der Waals surface area contributed by atoms with Gasteiger partial charge in [0.15, 0.2) is 0 Å². The van der Waals surface area contributed by atoms with Gasteiger partial charge in [-0.1, -0.05) is 30.3 Å². The van der Waals surface area contributed by atoms with Crippen LogP contribution in [-0.2, 0) is 14.4 Å². The van der Waals surface area contributed by atoms with Crippen molar-refractivity contribution in [1.82, 2.24) is 20.0 Å². The van der Waals surface area contributed by atoms with E-state index in [2.05, 4.69) is 5.32 Å². The number of nitrogens with zero attached hydrogens (tertiary/aromatic N) is 3. The Morgan fingerprint density at radius 1 is 1.22 bits per heavy atom. The molecule has 7 heteroatoms. The number of likely N-dealkylation sites (N-methyl/N-ethyl adjacent to an activating group) is 1. The normalized spacial score (nSPS) is 22.4. The van der Waals surface area contributed by atoms with Crippen LogP contribution in [0.25, 0.3) is 0 Å². The SMILES string of the molecule is CN1C(=O)CN(CC(=O)N2CCNC(=O)C2)[C@@H]1c1ccccc1. The van der Waals surface area contributed by atoms with E-state index in [1.807, 2.05) is 35.2 Å². The summed E-state index contributed by atoms with van der Waals surface area (Å²) < 4.78 is 0. The maximum absolute atomic E-state index is 12.5. The summed E-state index contributed by atoms with van der Waals surface area (Å²) in [6, 6.07) is 9.65. The molecule has 2 fully saturated rings. The molecule has 0 unspecified atom stereocenters. The van der Waals surface area contributed by atoms with E-state index in [1.54, 1.807) is 16.8 Å². The Labute approximate surface area is 134 Å². The van der Waals surface area contributed by atoms with Crippen molar-refractivity contribution in [3.8, 4) is 0 Å². The van der Waals surface area contributed by atoms with Gasteiger partial charge in [-0.2, -0.15) is 0 Å². The largest absolute Gasteiger partial charge is 0.353 e. The zero-order chi connectivity index (χ0) is 16.4. The van der Waals surface area contributed by atoms with Gasteiger partial charge in [0, 0.05) is 20.1 Å². The van der Waals surface area contributed by atoms with Gasteiger partial charge in [0.05, 0.1) is 19.6 Å². The number of rotatable bonds is 3. The van der Waals surface area contributed by atoms with E-state index < -0.39 is 0 Å². The molecular weight excluding hydrogens is 296 g/mol. The zero-order valence-electron chi connectivity index (χ0n) is 13.1. The van der Waals surface area contributed by atoms with Crippen LogP contribution in [0.1, 0.15) is 11.7 Å². The van der Waals surface area contributed by atoms with Crippen molar-refractivity contribution in [1.29, 1.82) is 0 Å². The van der Waals surface area contributed by atoms with E-state index in [-0.39, 0.29) is 43.5 Å². The van der Waals surface area contributed by atoms with Gasteiger partial charge in [-0.05, 0) is 5.56 Å². The molecule has 0 saturated carbocycles. The summed E-state index contributed by atoms with van der Waals surface area (Å²) in [6.07, 6.45) is -0.244. The van der Waals surface area contributed by atoms with Gasteiger partial charge in [0.2, 0.25) is 17.7 Å². The Hall–Kier alpha value is -2.41. The third kappa shape index (κ3) is 3.19. The predicted molar refractivity (Wildman–Crippen MR) is 83.1 cm³/mol. The van der Waals surface area contributed by atoms with Gasteiger partial charge in [-0.25, -0.2) is 0 Å². The molecule has 3 amide bonds. The van der Waals surface area contributed by atoms with Gasteiger partial charge in [-0.15, -0.1) is 0 Å². The molecule has 0 aromatic heterocycles. The summed E-state index contributed by atoms with van der Waals surface area (Å²) >= 11 is 0. The minimum absolute atomic E-state index is 0.0111. The number of carbonyl (C=O) groups is 3. The van der Waals surface area contributed by atoms with E-state index in [9.17, 15) is 14.4 Å². The highest BCUT2D eigenvalue weighted by molar-refractivity contribution is 5.88. The monoisotopic (exact) mass is 316 g/mol. The molecule has 2 aliphatic rings. The fourth-order valence-corrected chi connectivity index (χ4v) is 3.08. The van der Waals surface area contributed by atoms with Crippen LogP contribution in [0.5, 0.6) is 0 Å². The van der Waals surface area contributed by atoms with Crippen molar-refractivity contribution < 1.29 is 14.4 Å². The number of benzene rings is 1. The van der Waals surface area contributed by atoms with Gasteiger partial charge in [0.25, 0.3) is 0 Å². The summed E-state index contributed by atoms with van der Waals surface area (Å²) in [5.74, 6) is -0.272. The lowest BCUT2D eigenvalue weighted by Crippen LogP contribution is -2.52. The molecule has 2 aliphatic heterocycles. The van der Waals surface area contributed by atoms with Crippen LogP contribution in [-0.4, -0.2) is 72.2 Å². The highest BCUT2D eigenvalue weighted by Crippen LogP contribution is 2.29. The topological polar surface area (TPSA) is 73.0 Å². The lowest BCUT2D eigenvalue weighted by Gasteiger charge is -2.31. The number of carbonyl (C=O) groups excluding carboxylic acids is 3. The fraction of sp³-hybridized carbons (Fsp3) is 0.438. The molecule has 23 heavy (non-hydrogen) atoms. The van der Waals surface area contributed by atoms with Crippen molar-refractivity contribution in [3.63, 3.8) is 0 Å². The summed E-state index contributed by atoms with van der Waals surface area (Å²) in [4.78, 5) is 41.0. The van der Waals surface area contributed by atoms with Crippen molar-refractivity contribution in [2.24, 2.45) is 0 Å². The molecule has 0 spiro atoms. The smallest absolute Gasteiger partial charge is 0.239 e. The van der Waals surface area contributed by atoms with E-state index in [0.717, 1.165) is 5.56 Å². The maximum Gasteiger partial charge on any atom is 0.239 e. The van der Waals surface area contributed by atoms with E-state index >= 15 is 0 Å². The molecule has 0 bridgehead atoms. The van der Waals surface area contributed by atoms with Crippen LogP contribution < -0.4 is 5.32 Å². The lowest BCUT2D eigenvalue weighted by molar-refractivity contribution is -0.139. The summed E-state index contributed by atoms with van der Waals surface area (Å²) in [6.45, 7) is 1.42. The third-order valence-corrected chi connectivity index (χ3v) is 4.27. The molecule has 7 nitrogen and oxygen atoms in total. The van der Waals surface area contributed by atoms with E-state index in [4.69, 9.17) is 0 Å². The fourth-order valence-electron chi connectivity index (χ4n) is 3.08.